The lowest BCUT2D eigenvalue weighted by Crippen LogP contribution is -2.30. The molecule has 1 saturated heterocycles. The van der Waals surface area contributed by atoms with E-state index in [4.69, 9.17) is 0 Å². The summed E-state index contributed by atoms with van der Waals surface area (Å²) < 4.78 is 14.1. The van der Waals surface area contributed by atoms with Gasteiger partial charge in [-0.3, -0.25) is 9.59 Å². The quantitative estimate of drug-likeness (QED) is 0.913. The Morgan fingerprint density at radius 1 is 1.15 bits per heavy atom. The molecule has 0 unspecified atom stereocenters. The van der Waals surface area contributed by atoms with Gasteiger partial charge in [-0.25, -0.2) is 14.4 Å². The average Bonchev–Trinajstić information content (AvgIpc) is 3.33. The summed E-state index contributed by atoms with van der Waals surface area (Å²) in [6.07, 6.45) is 2.03. The van der Waals surface area contributed by atoms with Crippen LogP contribution in [-0.4, -0.2) is 44.9 Å². The van der Waals surface area contributed by atoms with Gasteiger partial charge in [-0.1, -0.05) is 0 Å². The number of carboxylic acids is 1. The van der Waals surface area contributed by atoms with Crippen molar-refractivity contribution in [3.05, 3.63) is 34.9 Å². The maximum atomic E-state index is 14.1. The zero-order valence-electron chi connectivity index (χ0n) is 14.7. The van der Waals surface area contributed by atoms with Crippen LogP contribution in [0.25, 0.3) is 11.0 Å². The van der Waals surface area contributed by atoms with E-state index in [2.05, 4.69) is 9.97 Å². The Morgan fingerprint density at radius 3 is 2.50 bits per heavy atom. The smallest absolute Gasteiger partial charge is 0.308 e. The summed E-state index contributed by atoms with van der Waals surface area (Å²) in [5, 5.41) is 9.49. The van der Waals surface area contributed by atoms with Crippen LogP contribution < -0.4 is 0 Å². The van der Waals surface area contributed by atoms with Crippen LogP contribution in [-0.2, 0) is 4.79 Å². The molecule has 26 heavy (non-hydrogen) atoms. The van der Waals surface area contributed by atoms with Gasteiger partial charge < -0.3 is 10.0 Å². The highest BCUT2D eigenvalue weighted by Gasteiger charge is 2.47. The van der Waals surface area contributed by atoms with Crippen molar-refractivity contribution >= 4 is 22.9 Å². The second kappa shape index (κ2) is 6.00. The van der Waals surface area contributed by atoms with Crippen LogP contribution in [0.4, 0.5) is 4.39 Å². The minimum atomic E-state index is -0.868. The van der Waals surface area contributed by atoms with E-state index < -0.39 is 17.7 Å². The van der Waals surface area contributed by atoms with Crippen molar-refractivity contribution < 1.29 is 19.1 Å². The first-order valence-corrected chi connectivity index (χ1v) is 8.81. The van der Waals surface area contributed by atoms with Crippen LogP contribution in [0.3, 0.4) is 0 Å². The largest absolute Gasteiger partial charge is 0.481 e. The van der Waals surface area contributed by atoms with Crippen molar-refractivity contribution in [2.45, 2.75) is 26.7 Å². The number of rotatable bonds is 3. The first-order valence-electron chi connectivity index (χ1n) is 8.81. The van der Waals surface area contributed by atoms with Crippen LogP contribution in [0.5, 0.6) is 0 Å². The summed E-state index contributed by atoms with van der Waals surface area (Å²) >= 11 is 0. The molecule has 1 aromatic carbocycles. The summed E-state index contributed by atoms with van der Waals surface area (Å²) in [6.45, 7) is 4.13. The van der Waals surface area contributed by atoms with Gasteiger partial charge in [0.2, 0.25) is 0 Å². The number of fused-ring (bicyclic) bond motifs is 1. The monoisotopic (exact) mass is 357 g/mol. The number of benzene rings is 1. The molecule has 2 atom stereocenters. The van der Waals surface area contributed by atoms with E-state index in [0.717, 1.165) is 12.8 Å². The summed E-state index contributed by atoms with van der Waals surface area (Å²) in [6, 6.07) is 2.44. The average molecular weight is 357 g/mol. The zero-order chi connectivity index (χ0) is 18.6. The topological polar surface area (TPSA) is 83.4 Å². The Hall–Kier alpha value is -2.57. The SMILES string of the molecule is Cc1nc2cc(F)cc(C(=O)N3C[C@H](C(=O)O)[C@@H](C4CC4)C3)c2nc1C. The number of hydrogen-bond acceptors (Lipinski definition) is 4. The minimum Gasteiger partial charge on any atom is -0.481 e. The Labute approximate surface area is 150 Å². The normalized spacial score (nSPS) is 22.8. The fourth-order valence-electron chi connectivity index (χ4n) is 3.89. The molecule has 0 radical (unpaired) electrons. The molecule has 6 nitrogen and oxygen atoms in total. The van der Waals surface area contributed by atoms with Crippen molar-refractivity contribution in [3.63, 3.8) is 0 Å². The lowest BCUT2D eigenvalue weighted by atomic mass is 9.92. The molecule has 2 aliphatic rings. The van der Waals surface area contributed by atoms with Crippen molar-refractivity contribution in [2.24, 2.45) is 17.8 Å². The highest BCUT2D eigenvalue weighted by atomic mass is 19.1. The van der Waals surface area contributed by atoms with Gasteiger partial charge in [-0.2, -0.15) is 0 Å². The molecule has 7 heteroatoms. The molecule has 2 aromatic rings. The van der Waals surface area contributed by atoms with Crippen molar-refractivity contribution in [1.82, 2.24) is 14.9 Å². The minimum absolute atomic E-state index is 0.0219. The van der Waals surface area contributed by atoms with Crippen LogP contribution in [0.2, 0.25) is 0 Å². The highest BCUT2D eigenvalue weighted by Crippen LogP contribution is 2.44. The number of aromatic nitrogens is 2. The van der Waals surface area contributed by atoms with Crippen LogP contribution in [0.1, 0.15) is 34.6 Å². The molecule has 136 valence electrons. The number of nitrogens with zero attached hydrogens (tertiary/aromatic N) is 3. The second-order valence-electron chi connectivity index (χ2n) is 7.37. The van der Waals surface area contributed by atoms with Gasteiger partial charge in [0.15, 0.2) is 0 Å². The third-order valence-electron chi connectivity index (χ3n) is 5.57. The third-order valence-corrected chi connectivity index (χ3v) is 5.57. The number of carbonyl (C=O) groups excluding carboxylic acids is 1. The summed E-state index contributed by atoms with van der Waals surface area (Å²) in [4.78, 5) is 34.9. The van der Waals surface area contributed by atoms with E-state index in [-0.39, 0.29) is 23.9 Å². The number of carbonyl (C=O) groups is 2. The van der Waals surface area contributed by atoms with Crippen molar-refractivity contribution in [2.75, 3.05) is 13.1 Å². The molecule has 2 heterocycles. The van der Waals surface area contributed by atoms with E-state index >= 15 is 0 Å². The predicted molar refractivity (Wildman–Crippen MR) is 92.2 cm³/mol. The summed E-state index contributed by atoms with van der Waals surface area (Å²) in [5.41, 5.74) is 2.21. The molecule has 2 fully saturated rings. The molecular formula is C19H20FN3O3. The Bertz CT molecular complexity index is 926. The molecule has 1 saturated carbocycles. The number of halogens is 1. The standard InChI is InChI=1S/C19H20FN3O3/c1-9-10(2)22-17-13(5-12(20)6-16(17)21-9)18(24)23-7-14(11-3-4-11)15(8-23)19(25)26/h5-6,11,14-15H,3-4,7-8H2,1-2H3,(H,25,26)/t14-,15+/m1/s1. The molecule has 1 aromatic heterocycles. The Kier molecular flexibility index (Phi) is 3.89. The lowest BCUT2D eigenvalue weighted by molar-refractivity contribution is -0.142. The summed E-state index contributed by atoms with van der Waals surface area (Å²) in [7, 11) is 0. The molecule has 1 aliphatic carbocycles. The number of aryl methyl sites for hydroxylation is 2. The van der Waals surface area contributed by atoms with E-state index in [1.54, 1.807) is 13.8 Å². The first kappa shape index (κ1) is 16.9. The van der Waals surface area contributed by atoms with Gasteiger partial charge in [0.1, 0.15) is 11.3 Å². The fourth-order valence-corrected chi connectivity index (χ4v) is 3.89. The lowest BCUT2D eigenvalue weighted by Gasteiger charge is -2.17. The molecule has 1 N–H and O–H groups in total. The maximum Gasteiger partial charge on any atom is 0.308 e. The van der Waals surface area contributed by atoms with Gasteiger partial charge in [0.05, 0.1) is 28.4 Å². The summed E-state index contributed by atoms with van der Waals surface area (Å²) in [5.74, 6) is -1.99. The third kappa shape index (κ3) is 2.81. The Balaban J connectivity index is 1.72. The maximum absolute atomic E-state index is 14.1. The van der Waals surface area contributed by atoms with Gasteiger partial charge in [0.25, 0.3) is 5.91 Å². The number of aliphatic carboxylic acids is 1. The zero-order valence-corrected chi connectivity index (χ0v) is 14.7. The van der Waals surface area contributed by atoms with Gasteiger partial charge in [0, 0.05) is 19.2 Å². The van der Waals surface area contributed by atoms with Crippen LogP contribution >= 0.6 is 0 Å². The number of carboxylic acid groups (broad SMARTS) is 1. The predicted octanol–water partition coefficient (Wildman–Crippen LogP) is 2.57. The van der Waals surface area contributed by atoms with Crippen LogP contribution in [0.15, 0.2) is 12.1 Å². The van der Waals surface area contributed by atoms with Gasteiger partial charge in [-0.15, -0.1) is 0 Å². The van der Waals surface area contributed by atoms with Crippen LogP contribution in [0, 0.1) is 37.4 Å². The molecule has 4 rings (SSSR count). The van der Waals surface area contributed by atoms with Crippen molar-refractivity contribution in [1.29, 1.82) is 0 Å². The molecular weight excluding hydrogens is 337 g/mol. The Morgan fingerprint density at radius 2 is 1.85 bits per heavy atom. The highest BCUT2D eigenvalue weighted by molar-refractivity contribution is 6.05. The van der Waals surface area contributed by atoms with E-state index in [1.807, 2.05) is 0 Å². The first-order chi connectivity index (χ1) is 12.3. The van der Waals surface area contributed by atoms with Gasteiger partial charge >= 0.3 is 5.97 Å². The fraction of sp³-hybridized carbons (Fsp3) is 0.474. The number of likely N-dealkylation sites (tertiary alicyclic amines) is 1. The van der Waals surface area contributed by atoms with E-state index in [1.165, 1.54) is 17.0 Å². The molecule has 0 spiro atoms. The molecule has 1 amide bonds. The van der Waals surface area contributed by atoms with E-state index in [9.17, 15) is 19.1 Å². The van der Waals surface area contributed by atoms with Gasteiger partial charge in [-0.05, 0) is 44.6 Å². The second-order valence-corrected chi connectivity index (χ2v) is 7.37. The molecule has 0 bridgehead atoms. The number of amides is 1. The molecule has 1 aliphatic heterocycles. The van der Waals surface area contributed by atoms with E-state index in [0.29, 0.717) is 34.9 Å². The number of hydrogen-bond donors (Lipinski definition) is 1. The van der Waals surface area contributed by atoms with Crippen molar-refractivity contribution in [3.8, 4) is 0 Å².